The van der Waals surface area contributed by atoms with Crippen LogP contribution in [0.15, 0.2) is 36.7 Å². The molecule has 3 rings (SSSR count). The molecule has 0 unspecified atom stereocenters. The molecule has 35 heavy (non-hydrogen) atoms. The fourth-order valence-corrected chi connectivity index (χ4v) is 3.42. The molecule has 0 saturated carbocycles. The van der Waals surface area contributed by atoms with E-state index in [0.717, 1.165) is 6.33 Å². The van der Waals surface area contributed by atoms with Crippen LogP contribution >= 0.6 is 34.8 Å². The van der Waals surface area contributed by atoms with E-state index in [9.17, 15) is 14.9 Å². The highest BCUT2D eigenvalue weighted by Crippen LogP contribution is 2.39. The molecule has 184 valence electrons. The number of amides is 1. The molecule has 0 fully saturated rings. The Bertz CT molecular complexity index is 1260. The minimum atomic E-state index is -0.724. The van der Waals surface area contributed by atoms with Crippen LogP contribution < -0.4 is 30.4 Å². The number of nitrogens with one attached hydrogen (secondary N) is 3. The molecule has 0 radical (unpaired) electrons. The van der Waals surface area contributed by atoms with Gasteiger partial charge < -0.3 is 19.5 Å². The first-order valence-corrected chi connectivity index (χ1v) is 10.7. The van der Waals surface area contributed by atoms with Crippen molar-refractivity contribution in [3.63, 3.8) is 0 Å². The summed E-state index contributed by atoms with van der Waals surface area (Å²) in [6.07, 6.45) is 1.06. The molecule has 1 aromatic heterocycles. The minimum absolute atomic E-state index is 0.189. The van der Waals surface area contributed by atoms with Crippen molar-refractivity contribution in [2.24, 2.45) is 0 Å². The third-order valence-corrected chi connectivity index (χ3v) is 5.13. The van der Waals surface area contributed by atoms with Crippen molar-refractivity contribution in [2.45, 2.75) is 0 Å². The SMILES string of the molecule is COc1cc(OC)c(Nc2ncnc(NNC(=O)COc3ccc(Cl)cc3Cl)c2[N+](=O)[O-])cc1Cl. The zero-order chi connectivity index (χ0) is 25.5. The van der Waals surface area contributed by atoms with Crippen LogP contribution in [0.4, 0.5) is 23.0 Å². The normalized spacial score (nSPS) is 10.3. The Morgan fingerprint density at radius 1 is 1.00 bits per heavy atom. The Labute approximate surface area is 213 Å². The van der Waals surface area contributed by atoms with Gasteiger partial charge in [-0.1, -0.05) is 34.8 Å². The van der Waals surface area contributed by atoms with E-state index in [2.05, 4.69) is 26.1 Å². The summed E-state index contributed by atoms with van der Waals surface area (Å²) in [5.41, 5.74) is 4.39. The smallest absolute Gasteiger partial charge is 0.355 e. The zero-order valence-corrected chi connectivity index (χ0v) is 20.4. The first-order chi connectivity index (χ1) is 16.7. The summed E-state index contributed by atoms with van der Waals surface area (Å²) < 4.78 is 15.7. The van der Waals surface area contributed by atoms with Gasteiger partial charge in [-0.05, 0) is 24.3 Å². The second-order valence-corrected chi connectivity index (χ2v) is 7.78. The molecule has 0 bridgehead atoms. The van der Waals surface area contributed by atoms with Crippen LogP contribution in [-0.4, -0.2) is 41.6 Å². The highest BCUT2D eigenvalue weighted by Gasteiger charge is 2.25. The second kappa shape index (κ2) is 11.6. The molecule has 12 nitrogen and oxygen atoms in total. The van der Waals surface area contributed by atoms with Crippen LogP contribution in [-0.2, 0) is 4.79 Å². The molecule has 3 aromatic rings. The van der Waals surface area contributed by atoms with Crippen LogP contribution in [0.1, 0.15) is 0 Å². The van der Waals surface area contributed by atoms with Gasteiger partial charge in [0.1, 0.15) is 23.6 Å². The average Bonchev–Trinajstić information content (AvgIpc) is 2.82. The number of halogens is 3. The number of carbonyl (C=O) groups excluding carboxylic acids is 1. The molecule has 0 aliphatic rings. The van der Waals surface area contributed by atoms with E-state index < -0.39 is 23.1 Å². The summed E-state index contributed by atoms with van der Waals surface area (Å²) >= 11 is 18.0. The summed E-state index contributed by atoms with van der Waals surface area (Å²) in [6, 6.07) is 7.46. The third-order valence-electron chi connectivity index (χ3n) is 4.30. The molecule has 0 spiro atoms. The van der Waals surface area contributed by atoms with Gasteiger partial charge in [0, 0.05) is 11.1 Å². The van der Waals surface area contributed by atoms with Crippen molar-refractivity contribution in [2.75, 3.05) is 31.6 Å². The number of anilines is 3. The number of hydrogen-bond acceptors (Lipinski definition) is 10. The van der Waals surface area contributed by atoms with Gasteiger partial charge in [-0.25, -0.2) is 9.97 Å². The summed E-state index contributed by atoms with van der Waals surface area (Å²) in [6.45, 7) is -0.445. The van der Waals surface area contributed by atoms with Gasteiger partial charge in [-0.3, -0.25) is 25.8 Å². The Hall–Kier alpha value is -3.74. The van der Waals surface area contributed by atoms with Crippen LogP contribution in [0.25, 0.3) is 0 Å². The summed E-state index contributed by atoms with van der Waals surface area (Å²) in [5.74, 6) is -0.271. The van der Waals surface area contributed by atoms with Gasteiger partial charge in [0.15, 0.2) is 6.61 Å². The lowest BCUT2D eigenvalue weighted by Crippen LogP contribution is -2.34. The molecular weight excluding hydrogens is 527 g/mol. The Kier molecular flexibility index (Phi) is 8.58. The number of nitro groups is 1. The largest absolute Gasteiger partial charge is 0.495 e. The summed E-state index contributed by atoms with van der Waals surface area (Å²) in [4.78, 5) is 31.0. The Morgan fingerprint density at radius 3 is 2.34 bits per heavy atom. The van der Waals surface area contributed by atoms with Crippen LogP contribution in [0, 0.1) is 10.1 Å². The lowest BCUT2D eigenvalue weighted by Gasteiger charge is -2.14. The Balaban J connectivity index is 1.75. The number of hydrazine groups is 1. The maximum Gasteiger partial charge on any atom is 0.355 e. The molecule has 0 aliphatic carbocycles. The number of methoxy groups -OCH3 is 2. The van der Waals surface area contributed by atoms with E-state index in [1.807, 2.05) is 0 Å². The van der Waals surface area contributed by atoms with Crippen LogP contribution in [0.2, 0.25) is 15.1 Å². The standard InChI is InChI=1S/C20H17Cl3N6O6/c1-33-15-7-16(34-2)13(6-12(15)23)26-19-18(29(31)32)20(25-9-24-19)28-27-17(30)8-35-14-4-3-10(21)5-11(14)22/h3-7,9H,8H2,1-2H3,(H,27,30)(H2,24,25,26,28). The highest BCUT2D eigenvalue weighted by molar-refractivity contribution is 6.35. The fourth-order valence-electron chi connectivity index (χ4n) is 2.72. The van der Waals surface area contributed by atoms with Crippen molar-refractivity contribution >= 4 is 63.7 Å². The number of rotatable bonds is 10. The number of carbonyl (C=O) groups is 1. The number of aromatic nitrogens is 2. The molecular formula is C20H17Cl3N6O6. The van der Waals surface area contributed by atoms with Crippen molar-refractivity contribution in [1.29, 1.82) is 0 Å². The topological polar surface area (TPSA) is 150 Å². The van der Waals surface area contributed by atoms with Gasteiger partial charge in [0.05, 0.1) is 34.9 Å². The predicted octanol–water partition coefficient (Wildman–Crippen LogP) is 4.63. The molecule has 2 aromatic carbocycles. The monoisotopic (exact) mass is 542 g/mol. The predicted molar refractivity (Wildman–Crippen MR) is 130 cm³/mol. The maximum atomic E-state index is 12.2. The maximum absolute atomic E-state index is 12.2. The van der Waals surface area contributed by atoms with Gasteiger partial charge in [-0.15, -0.1) is 0 Å². The Morgan fingerprint density at radius 2 is 1.69 bits per heavy atom. The molecule has 15 heteroatoms. The number of hydrogen-bond donors (Lipinski definition) is 3. The lowest BCUT2D eigenvalue weighted by molar-refractivity contribution is -0.383. The molecule has 0 aliphatic heterocycles. The van der Waals surface area contributed by atoms with Gasteiger partial charge in [-0.2, -0.15) is 0 Å². The van der Waals surface area contributed by atoms with Crippen molar-refractivity contribution < 1.29 is 23.9 Å². The molecule has 1 heterocycles. The molecule has 3 N–H and O–H groups in total. The number of nitrogens with zero attached hydrogens (tertiary/aromatic N) is 3. The van der Waals surface area contributed by atoms with Crippen molar-refractivity contribution in [1.82, 2.24) is 15.4 Å². The van der Waals surface area contributed by atoms with Gasteiger partial charge in [0.25, 0.3) is 5.91 Å². The van der Waals surface area contributed by atoms with Crippen LogP contribution in [0.5, 0.6) is 17.2 Å². The number of ether oxygens (including phenoxy) is 3. The third kappa shape index (κ3) is 6.44. The summed E-state index contributed by atoms with van der Waals surface area (Å²) in [5, 5.41) is 15.4. The van der Waals surface area contributed by atoms with Crippen molar-refractivity contribution in [3.8, 4) is 17.2 Å². The second-order valence-electron chi connectivity index (χ2n) is 6.53. The van der Waals surface area contributed by atoms with E-state index in [1.165, 1.54) is 38.5 Å². The first kappa shape index (κ1) is 25.9. The molecule has 1 amide bonds. The van der Waals surface area contributed by atoms with Crippen molar-refractivity contribution in [3.05, 3.63) is 61.8 Å². The minimum Gasteiger partial charge on any atom is -0.495 e. The number of benzene rings is 2. The lowest BCUT2D eigenvalue weighted by atomic mass is 10.2. The van der Waals surface area contributed by atoms with Gasteiger partial charge >= 0.3 is 5.69 Å². The van der Waals surface area contributed by atoms with E-state index >= 15 is 0 Å². The zero-order valence-electron chi connectivity index (χ0n) is 18.1. The van der Waals surface area contributed by atoms with Gasteiger partial charge in [0.2, 0.25) is 11.6 Å². The molecule has 0 saturated heterocycles. The average molecular weight is 544 g/mol. The fraction of sp³-hybridized carbons (Fsp3) is 0.150. The van der Waals surface area contributed by atoms with E-state index in [4.69, 9.17) is 49.0 Å². The van der Waals surface area contributed by atoms with Crippen LogP contribution in [0.3, 0.4) is 0 Å². The highest BCUT2D eigenvalue weighted by atomic mass is 35.5. The van der Waals surface area contributed by atoms with E-state index in [1.54, 1.807) is 6.07 Å². The summed E-state index contributed by atoms with van der Waals surface area (Å²) in [7, 11) is 2.84. The molecule has 0 atom stereocenters. The first-order valence-electron chi connectivity index (χ1n) is 9.54. The van der Waals surface area contributed by atoms with E-state index in [-0.39, 0.29) is 33.1 Å². The van der Waals surface area contributed by atoms with E-state index in [0.29, 0.717) is 16.5 Å². The quantitative estimate of drug-likeness (QED) is 0.244.